The number of hydrogen-bond donors (Lipinski definition) is 1. The predicted octanol–water partition coefficient (Wildman–Crippen LogP) is 9.34. The van der Waals surface area contributed by atoms with Gasteiger partial charge in [0.25, 0.3) is 5.91 Å². The maximum Gasteiger partial charge on any atom is 0.259 e. The molecule has 0 unspecified atom stereocenters. The van der Waals surface area contributed by atoms with Crippen LogP contribution in [0, 0.1) is 20.8 Å². The molecule has 6 rings (SSSR count). The SMILES string of the molecule is Cc1ccc(C)c(NC(=O)c2c(N=Cc3c(C)n(Cc4ccccc4)c4ccccc34)sc3c2CCCCCC3)c1. The van der Waals surface area contributed by atoms with Crippen LogP contribution >= 0.6 is 11.3 Å². The molecule has 1 aliphatic rings. The van der Waals surface area contributed by atoms with Gasteiger partial charge in [-0.05, 0) is 80.8 Å². The van der Waals surface area contributed by atoms with Crippen molar-refractivity contribution in [2.75, 3.05) is 5.32 Å². The second kappa shape index (κ2) is 11.9. The zero-order chi connectivity index (χ0) is 28.3. The molecule has 208 valence electrons. The Balaban J connectivity index is 1.42. The fourth-order valence-electron chi connectivity index (χ4n) is 6.00. The number of fused-ring (bicyclic) bond motifs is 2. The topological polar surface area (TPSA) is 46.4 Å². The molecule has 1 N–H and O–H groups in total. The summed E-state index contributed by atoms with van der Waals surface area (Å²) in [5.74, 6) is -0.0489. The molecule has 0 fully saturated rings. The zero-order valence-electron chi connectivity index (χ0n) is 24.2. The summed E-state index contributed by atoms with van der Waals surface area (Å²) in [6.07, 6.45) is 8.70. The lowest BCUT2D eigenvalue weighted by atomic mass is 9.96. The number of aromatic nitrogens is 1. The average Bonchev–Trinajstić information content (AvgIpc) is 3.43. The van der Waals surface area contributed by atoms with Gasteiger partial charge in [0.1, 0.15) is 5.00 Å². The predicted molar refractivity (Wildman–Crippen MR) is 174 cm³/mol. The smallest absolute Gasteiger partial charge is 0.259 e. The molecular formula is C36H37N3OS. The van der Waals surface area contributed by atoms with E-state index in [1.807, 2.05) is 13.1 Å². The molecule has 0 saturated carbocycles. The van der Waals surface area contributed by atoms with Gasteiger partial charge in [0.2, 0.25) is 0 Å². The molecule has 1 aliphatic carbocycles. The van der Waals surface area contributed by atoms with Gasteiger partial charge in [0, 0.05) is 45.5 Å². The van der Waals surface area contributed by atoms with Gasteiger partial charge in [0.15, 0.2) is 0 Å². The monoisotopic (exact) mass is 559 g/mol. The van der Waals surface area contributed by atoms with Crippen LogP contribution in [-0.4, -0.2) is 16.7 Å². The number of anilines is 1. The van der Waals surface area contributed by atoms with Crippen LogP contribution in [0.4, 0.5) is 10.7 Å². The number of nitrogens with zero attached hydrogens (tertiary/aromatic N) is 2. The largest absolute Gasteiger partial charge is 0.340 e. The lowest BCUT2D eigenvalue weighted by Crippen LogP contribution is -2.15. The van der Waals surface area contributed by atoms with Gasteiger partial charge >= 0.3 is 0 Å². The molecule has 41 heavy (non-hydrogen) atoms. The molecule has 0 atom stereocenters. The molecule has 0 bridgehead atoms. The quantitative estimate of drug-likeness (QED) is 0.207. The Kier molecular flexibility index (Phi) is 7.89. The van der Waals surface area contributed by atoms with Crippen molar-refractivity contribution in [3.05, 3.63) is 117 Å². The molecule has 2 heterocycles. The van der Waals surface area contributed by atoms with E-state index >= 15 is 0 Å². The first kappa shape index (κ1) is 27.2. The highest BCUT2D eigenvalue weighted by Gasteiger charge is 2.25. The Morgan fingerprint density at radius 1 is 0.927 bits per heavy atom. The first-order valence-corrected chi connectivity index (χ1v) is 15.5. The van der Waals surface area contributed by atoms with Crippen molar-refractivity contribution in [1.82, 2.24) is 4.57 Å². The highest BCUT2D eigenvalue weighted by atomic mass is 32.1. The van der Waals surface area contributed by atoms with Crippen molar-refractivity contribution in [3.8, 4) is 0 Å². The fraction of sp³-hybridized carbons (Fsp3) is 0.278. The van der Waals surface area contributed by atoms with Crippen molar-refractivity contribution < 1.29 is 4.79 Å². The highest BCUT2D eigenvalue weighted by Crippen LogP contribution is 2.40. The van der Waals surface area contributed by atoms with Crippen molar-refractivity contribution >= 4 is 45.0 Å². The Bertz CT molecular complexity index is 1740. The van der Waals surface area contributed by atoms with Gasteiger partial charge in [-0.1, -0.05) is 73.5 Å². The normalized spacial score (nSPS) is 13.7. The van der Waals surface area contributed by atoms with Gasteiger partial charge in [-0.3, -0.25) is 4.79 Å². The number of para-hydroxylation sites is 1. The number of amides is 1. The molecule has 0 aliphatic heterocycles. The van der Waals surface area contributed by atoms with E-state index in [4.69, 9.17) is 4.99 Å². The van der Waals surface area contributed by atoms with Crippen LogP contribution in [0.1, 0.15) is 74.4 Å². The van der Waals surface area contributed by atoms with Gasteiger partial charge in [0.05, 0.1) is 5.56 Å². The summed E-state index contributed by atoms with van der Waals surface area (Å²) in [5.41, 5.74) is 9.78. The molecule has 0 saturated heterocycles. The zero-order valence-corrected chi connectivity index (χ0v) is 25.0. The molecule has 4 nitrogen and oxygen atoms in total. The van der Waals surface area contributed by atoms with Crippen LogP contribution in [0.15, 0.2) is 77.8 Å². The minimum absolute atomic E-state index is 0.0489. The Morgan fingerprint density at radius 3 is 2.51 bits per heavy atom. The van der Waals surface area contributed by atoms with Crippen LogP contribution in [-0.2, 0) is 19.4 Å². The van der Waals surface area contributed by atoms with E-state index in [1.54, 1.807) is 11.3 Å². The number of rotatable bonds is 6. The van der Waals surface area contributed by atoms with Gasteiger partial charge in [-0.25, -0.2) is 4.99 Å². The van der Waals surface area contributed by atoms with Crippen LogP contribution in [0.2, 0.25) is 0 Å². The van der Waals surface area contributed by atoms with Gasteiger partial charge in [-0.15, -0.1) is 11.3 Å². The lowest BCUT2D eigenvalue weighted by molar-refractivity contribution is 0.102. The van der Waals surface area contributed by atoms with Crippen molar-refractivity contribution in [1.29, 1.82) is 0 Å². The van der Waals surface area contributed by atoms with Gasteiger partial charge in [-0.2, -0.15) is 0 Å². The third kappa shape index (κ3) is 5.64. The van der Waals surface area contributed by atoms with Crippen molar-refractivity contribution in [2.45, 2.75) is 65.8 Å². The van der Waals surface area contributed by atoms with Crippen molar-refractivity contribution in [2.24, 2.45) is 4.99 Å². The molecule has 5 aromatic rings. The highest BCUT2D eigenvalue weighted by molar-refractivity contribution is 7.16. The maximum atomic E-state index is 13.9. The number of hydrogen-bond acceptors (Lipinski definition) is 3. The molecule has 2 aromatic heterocycles. The van der Waals surface area contributed by atoms with Crippen LogP contribution in [0.3, 0.4) is 0 Å². The summed E-state index contributed by atoms with van der Waals surface area (Å²) in [4.78, 5) is 20.4. The molecule has 5 heteroatoms. The Morgan fingerprint density at radius 2 is 1.68 bits per heavy atom. The van der Waals surface area contributed by atoms with Crippen LogP contribution in [0.5, 0.6) is 0 Å². The molecule has 1 amide bonds. The van der Waals surface area contributed by atoms with E-state index < -0.39 is 0 Å². The molecular weight excluding hydrogens is 522 g/mol. The van der Waals surface area contributed by atoms with Crippen LogP contribution in [0.25, 0.3) is 10.9 Å². The minimum atomic E-state index is -0.0489. The number of carbonyl (C=O) groups is 1. The molecule has 0 radical (unpaired) electrons. The first-order valence-electron chi connectivity index (χ1n) is 14.7. The Labute approximate surface area is 246 Å². The third-order valence-corrected chi connectivity index (χ3v) is 9.49. The average molecular weight is 560 g/mol. The summed E-state index contributed by atoms with van der Waals surface area (Å²) >= 11 is 1.71. The van der Waals surface area contributed by atoms with E-state index in [1.165, 1.54) is 51.9 Å². The molecule has 0 spiro atoms. The number of thiophene rings is 1. The van der Waals surface area contributed by atoms with E-state index in [0.29, 0.717) is 0 Å². The van der Waals surface area contributed by atoms with Crippen molar-refractivity contribution in [3.63, 3.8) is 0 Å². The van der Waals surface area contributed by atoms with Gasteiger partial charge < -0.3 is 9.88 Å². The first-order chi connectivity index (χ1) is 20.0. The summed E-state index contributed by atoms with van der Waals surface area (Å²) < 4.78 is 2.37. The summed E-state index contributed by atoms with van der Waals surface area (Å²) in [5, 5.41) is 5.24. The number of nitrogens with one attached hydrogen (secondary N) is 1. The Hall–Kier alpha value is -3.96. The minimum Gasteiger partial charge on any atom is -0.340 e. The number of aryl methyl sites for hydroxylation is 3. The molecule has 3 aromatic carbocycles. The lowest BCUT2D eigenvalue weighted by Gasteiger charge is -2.13. The number of carbonyl (C=O) groups excluding carboxylic acids is 1. The summed E-state index contributed by atoms with van der Waals surface area (Å²) in [6.45, 7) is 7.08. The fourth-order valence-corrected chi connectivity index (χ4v) is 7.23. The second-order valence-electron chi connectivity index (χ2n) is 11.2. The number of aliphatic imine (C=N–C) groups is 1. The number of benzene rings is 3. The van der Waals surface area contributed by atoms with E-state index in [0.717, 1.165) is 58.7 Å². The third-order valence-electron chi connectivity index (χ3n) is 8.30. The summed E-state index contributed by atoms with van der Waals surface area (Å²) in [7, 11) is 0. The standard InChI is InChI=1S/C36H37N3OS/c1-24-19-20-25(2)31(21-24)38-35(40)34-29-16-9-4-5-10-18-33(29)41-36(34)37-22-30-26(3)39(23-27-13-7-6-8-14-27)32-17-12-11-15-28(30)32/h6-8,11-15,17,19-22H,4-5,9-10,16,18,23H2,1-3H3,(H,38,40). The summed E-state index contributed by atoms with van der Waals surface area (Å²) in [6, 6.07) is 25.3. The van der Waals surface area contributed by atoms with E-state index in [2.05, 4.69) is 96.5 Å². The second-order valence-corrected chi connectivity index (χ2v) is 12.3. The van der Waals surface area contributed by atoms with Crippen LogP contribution < -0.4 is 5.32 Å². The van der Waals surface area contributed by atoms with E-state index in [-0.39, 0.29) is 5.91 Å². The maximum absolute atomic E-state index is 13.9. The van der Waals surface area contributed by atoms with E-state index in [9.17, 15) is 4.79 Å².